The van der Waals surface area contributed by atoms with E-state index in [1.807, 2.05) is 48.5 Å². The minimum Gasteiger partial charge on any atom is -0.375 e. The number of methoxy groups -OCH3 is 1. The number of hydrogen-bond acceptors (Lipinski definition) is 3. The van der Waals surface area contributed by atoms with Gasteiger partial charge in [-0.3, -0.25) is 9.78 Å². The van der Waals surface area contributed by atoms with Crippen LogP contribution >= 0.6 is 0 Å². The van der Waals surface area contributed by atoms with Crippen LogP contribution in [0.15, 0.2) is 54.7 Å². The summed E-state index contributed by atoms with van der Waals surface area (Å²) in [5, 5.41) is 2.92. The number of nitrogens with one attached hydrogen (secondary N) is 1. The van der Waals surface area contributed by atoms with Gasteiger partial charge in [-0.2, -0.15) is 0 Å². The van der Waals surface area contributed by atoms with Crippen LogP contribution in [-0.4, -0.2) is 24.6 Å². The zero-order valence-electron chi connectivity index (χ0n) is 10.7. The van der Waals surface area contributed by atoms with Gasteiger partial charge in [-0.15, -0.1) is 0 Å². The molecule has 0 radical (unpaired) electrons. The minimum absolute atomic E-state index is 0.0379. The second-order valence-corrected chi connectivity index (χ2v) is 4.10. The van der Waals surface area contributed by atoms with Crippen molar-refractivity contribution < 1.29 is 9.53 Å². The second kappa shape index (κ2) is 6.66. The molecule has 0 aliphatic carbocycles. The van der Waals surface area contributed by atoms with E-state index in [0.717, 1.165) is 11.3 Å². The lowest BCUT2D eigenvalue weighted by Crippen LogP contribution is -2.32. The topological polar surface area (TPSA) is 51.2 Å². The summed E-state index contributed by atoms with van der Waals surface area (Å²) in [6.45, 7) is 0.0379. The SMILES string of the molecule is COCC(=O)N[C@@H](c1ccccc1)c1ccccn1. The van der Waals surface area contributed by atoms with Gasteiger partial charge in [-0.1, -0.05) is 36.4 Å². The first-order valence-electron chi connectivity index (χ1n) is 6.05. The minimum atomic E-state index is -0.259. The fourth-order valence-corrected chi connectivity index (χ4v) is 1.85. The monoisotopic (exact) mass is 256 g/mol. The molecule has 1 amide bonds. The third-order valence-electron chi connectivity index (χ3n) is 2.70. The Morgan fingerprint density at radius 2 is 1.95 bits per heavy atom. The van der Waals surface area contributed by atoms with Crippen LogP contribution in [0.3, 0.4) is 0 Å². The molecule has 4 nitrogen and oxygen atoms in total. The summed E-state index contributed by atoms with van der Waals surface area (Å²) >= 11 is 0. The van der Waals surface area contributed by atoms with Crippen LogP contribution in [0, 0.1) is 0 Å². The molecule has 0 spiro atoms. The molecular formula is C15H16N2O2. The number of nitrogens with zero attached hydrogens (tertiary/aromatic N) is 1. The lowest BCUT2D eigenvalue weighted by Gasteiger charge is -2.18. The highest BCUT2D eigenvalue weighted by atomic mass is 16.5. The molecular weight excluding hydrogens is 240 g/mol. The maximum Gasteiger partial charge on any atom is 0.246 e. The summed E-state index contributed by atoms with van der Waals surface area (Å²) in [4.78, 5) is 16.0. The molecule has 1 heterocycles. The van der Waals surface area contributed by atoms with Gasteiger partial charge in [0, 0.05) is 13.3 Å². The van der Waals surface area contributed by atoms with Crippen molar-refractivity contribution in [3.63, 3.8) is 0 Å². The fraction of sp³-hybridized carbons (Fsp3) is 0.200. The van der Waals surface area contributed by atoms with Crippen molar-refractivity contribution in [2.75, 3.05) is 13.7 Å². The molecule has 98 valence electrons. The standard InChI is InChI=1S/C15H16N2O2/c1-19-11-14(18)17-15(12-7-3-2-4-8-12)13-9-5-6-10-16-13/h2-10,15H,11H2,1H3,(H,17,18)/t15-/m0/s1. The van der Waals surface area contributed by atoms with E-state index in [-0.39, 0.29) is 18.6 Å². The van der Waals surface area contributed by atoms with Crippen molar-refractivity contribution in [2.45, 2.75) is 6.04 Å². The molecule has 1 aromatic heterocycles. The average Bonchev–Trinajstić information content (AvgIpc) is 2.47. The van der Waals surface area contributed by atoms with E-state index in [1.54, 1.807) is 6.20 Å². The summed E-state index contributed by atoms with van der Waals surface area (Å²) in [6, 6.07) is 15.1. The van der Waals surface area contributed by atoms with Crippen LogP contribution in [0.4, 0.5) is 0 Å². The van der Waals surface area contributed by atoms with Crippen molar-refractivity contribution in [1.29, 1.82) is 0 Å². The quantitative estimate of drug-likeness (QED) is 0.889. The third-order valence-corrected chi connectivity index (χ3v) is 2.70. The number of carbonyl (C=O) groups excluding carboxylic acids is 1. The Kier molecular flexibility index (Phi) is 4.64. The summed E-state index contributed by atoms with van der Waals surface area (Å²) in [7, 11) is 1.50. The van der Waals surface area contributed by atoms with Gasteiger partial charge in [-0.05, 0) is 17.7 Å². The highest BCUT2D eigenvalue weighted by Gasteiger charge is 2.17. The van der Waals surface area contributed by atoms with E-state index in [4.69, 9.17) is 4.74 Å². The van der Waals surface area contributed by atoms with E-state index in [9.17, 15) is 4.79 Å². The number of carbonyl (C=O) groups is 1. The van der Waals surface area contributed by atoms with E-state index in [0.29, 0.717) is 0 Å². The molecule has 2 rings (SSSR count). The highest BCUT2D eigenvalue weighted by Crippen LogP contribution is 2.19. The normalized spacial score (nSPS) is 11.8. The van der Waals surface area contributed by atoms with Gasteiger partial charge in [0.2, 0.25) is 5.91 Å². The number of hydrogen-bond donors (Lipinski definition) is 1. The Labute approximate surface area is 112 Å². The van der Waals surface area contributed by atoms with Gasteiger partial charge in [0.05, 0.1) is 11.7 Å². The van der Waals surface area contributed by atoms with Crippen molar-refractivity contribution >= 4 is 5.91 Å². The molecule has 1 N–H and O–H groups in total. The van der Waals surface area contributed by atoms with Crippen molar-refractivity contribution in [2.24, 2.45) is 0 Å². The molecule has 0 bridgehead atoms. The number of pyridine rings is 1. The van der Waals surface area contributed by atoms with Gasteiger partial charge in [0.25, 0.3) is 0 Å². The largest absolute Gasteiger partial charge is 0.375 e. The maximum absolute atomic E-state index is 11.7. The Morgan fingerprint density at radius 1 is 1.21 bits per heavy atom. The molecule has 0 aliphatic heterocycles. The van der Waals surface area contributed by atoms with Crippen molar-refractivity contribution in [3.05, 3.63) is 66.0 Å². The summed E-state index contributed by atoms with van der Waals surface area (Å²) in [5.74, 6) is -0.165. The molecule has 0 unspecified atom stereocenters. The summed E-state index contributed by atoms with van der Waals surface area (Å²) < 4.78 is 4.84. The lowest BCUT2D eigenvalue weighted by atomic mass is 10.0. The third kappa shape index (κ3) is 3.63. The van der Waals surface area contributed by atoms with Crippen LogP contribution < -0.4 is 5.32 Å². The van der Waals surface area contributed by atoms with Crippen molar-refractivity contribution in [1.82, 2.24) is 10.3 Å². The predicted octanol–water partition coefficient (Wildman–Crippen LogP) is 1.93. The molecule has 0 saturated carbocycles. The molecule has 19 heavy (non-hydrogen) atoms. The predicted molar refractivity (Wildman–Crippen MR) is 72.5 cm³/mol. The van der Waals surface area contributed by atoms with Crippen LogP contribution in [0.5, 0.6) is 0 Å². The molecule has 0 fully saturated rings. The zero-order chi connectivity index (χ0) is 13.5. The van der Waals surface area contributed by atoms with Gasteiger partial charge >= 0.3 is 0 Å². The molecule has 4 heteroatoms. The zero-order valence-corrected chi connectivity index (χ0v) is 10.7. The first-order chi connectivity index (χ1) is 9.31. The van der Waals surface area contributed by atoms with Gasteiger partial charge in [0.15, 0.2) is 0 Å². The molecule has 0 saturated heterocycles. The Morgan fingerprint density at radius 3 is 2.58 bits per heavy atom. The van der Waals surface area contributed by atoms with Crippen LogP contribution in [0.1, 0.15) is 17.3 Å². The van der Waals surface area contributed by atoms with Gasteiger partial charge in [0.1, 0.15) is 6.61 Å². The number of amides is 1. The van der Waals surface area contributed by atoms with Gasteiger partial charge in [-0.25, -0.2) is 0 Å². The van der Waals surface area contributed by atoms with Crippen LogP contribution in [-0.2, 0) is 9.53 Å². The number of aromatic nitrogens is 1. The van der Waals surface area contributed by atoms with E-state index in [2.05, 4.69) is 10.3 Å². The first kappa shape index (κ1) is 13.2. The number of benzene rings is 1. The second-order valence-electron chi connectivity index (χ2n) is 4.10. The van der Waals surface area contributed by atoms with Gasteiger partial charge < -0.3 is 10.1 Å². The van der Waals surface area contributed by atoms with E-state index >= 15 is 0 Å². The average molecular weight is 256 g/mol. The maximum atomic E-state index is 11.7. The lowest BCUT2D eigenvalue weighted by molar-refractivity contribution is -0.125. The Balaban J connectivity index is 2.26. The Hall–Kier alpha value is -2.20. The van der Waals surface area contributed by atoms with E-state index in [1.165, 1.54) is 7.11 Å². The summed E-state index contributed by atoms with van der Waals surface area (Å²) in [5.41, 5.74) is 1.80. The fourth-order valence-electron chi connectivity index (χ4n) is 1.85. The molecule has 1 aromatic carbocycles. The summed E-state index contributed by atoms with van der Waals surface area (Å²) in [6.07, 6.45) is 1.72. The number of ether oxygens (including phenoxy) is 1. The smallest absolute Gasteiger partial charge is 0.246 e. The first-order valence-corrected chi connectivity index (χ1v) is 6.05. The molecule has 0 aliphatic rings. The number of rotatable bonds is 5. The molecule has 2 aromatic rings. The van der Waals surface area contributed by atoms with E-state index < -0.39 is 0 Å². The van der Waals surface area contributed by atoms with Crippen LogP contribution in [0.25, 0.3) is 0 Å². The Bertz CT molecular complexity index is 475. The highest BCUT2D eigenvalue weighted by molar-refractivity contribution is 5.78. The molecule has 1 atom stereocenters. The van der Waals surface area contributed by atoms with Crippen LogP contribution in [0.2, 0.25) is 0 Å². The van der Waals surface area contributed by atoms with Crippen molar-refractivity contribution in [3.8, 4) is 0 Å².